The highest BCUT2D eigenvalue weighted by Gasteiger charge is 2.35. The van der Waals surface area contributed by atoms with Gasteiger partial charge in [0.25, 0.3) is 0 Å². The van der Waals surface area contributed by atoms with Crippen molar-refractivity contribution in [1.29, 1.82) is 0 Å². The van der Waals surface area contributed by atoms with Gasteiger partial charge in [-0.2, -0.15) is 0 Å². The van der Waals surface area contributed by atoms with Crippen LogP contribution in [0, 0.1) is 5.82 Å². The smallest absolute Gasteiger partial charge is 0.327 e. The summed E-state index contributed by atoms with van der Waals surface area (Å²) in [5.74, 6) is -0.724. The molecule has 0 aromatic heterocycles. The third-order valence-corrected chi connectivity index (χ3v) is 4.15. The highest BCUT2D eigenvalue weighted by atomic mass is 32.2. The van der Waals surface area contributed by atoms with E-state index in [1.807, 2.05) is 0 Å². The van der Waals surface area contributed by atoms with Gasteiger partial charge in [0.05, 0.1) is 11.9 Å². The van der Waals surface area contributed by atoms with E-state index in [4.69, 9.17) is 5.11 Å². The summed E-state index contributed by atoms with van der Waals surface area (Å²) in [5, 5.41) is 11.7. The van der Waals surface area contributed by atoms with Gasteiger partial charge in [-0.1, -0.05) is 18.2 Å². The van der Waals surface area contributed by atoms with E-state index in [2.05, 4.69) is 5.32 Å². The van der Waals surface area contributed by atoms with Gasteiger partial charge in [0.2, 0.25) is 0 Å². The maximum atomic E-state index is 13.6. The van der Waals surface area contributed by atoms with E-state index in [9.17, 15) is 14.0 Å². The number of thioether (sulfide) groups is 1. The summed E-state index contributed by atoms with van der Waals surface area (Å²) >= 11 is 1.38. The first-order chi connectivity index (χ1) is 9.50. The summed E-state index contributed by atoms with van der Waals surface area (Å²) in [6.07, 6.45) is 0. The molecule has 0 radical (unpaired) electrons. The quantitative estimate of drug-likeness (QED) is 0.896. The summed E-state index contributed by atoms with van der Waals surface area (Å²) in [6.45, 7) is 1.66. The van der Waals surface area contributed by atoms with E-state index < -0.39 is 29.9 Å². The monoisotopic (exact) mass is 298 g/mol. The fraction of sp³-hybridized carbons (Fsp3) is 0.385. The van der Waals surface area contributed by atoms with Crippen molar-refractivity contribution < 1.29 is 19.1 Å². The lowest BCUT2D eigenvalue weighted by Crippen LogP contribution is -2.47. The number of carboxylic acid groups (broad SMARTS) is 1. The van der Waals surface area contributed by atoms with Crippen molar-refractivity contribution in [3.63, 3.8) is 0 Å². The first-order valence-corrected chi connectivity index (χ1v) is 7.28. The van der Waals surface area contributed by atoms with Crippen LogP contribution in [-0.2, 0) is 4.79 Å². The Morgan fingerprint density at radius 2 is 2.20 bits per heavy atom. The Hall–Kier alpha value is -1.76. The first-order valence-electron chi connectivity index (χ1n) is 6.13. The Kier molecular flexibility index (Phi) is 4.49. The van der Waals surface area contributed by atoms with E-state index in [-0.39, 0.29) is 0 Å². The fourth-order valence-corrected chi connectivity index (χ4v) is 3.16. The number of rotatable bonds is 3. The van der Waals surface area contributed by atoms with Crippen molar-refractivity contribution in [3.05, 3.63) is 35.6 Å². The number of hydrogen-bond donors (Lipinski definition) is 2. The molecule has 1 aromatic carbocycles. The van der Waals surface area contributed by atoms with Crippen LogP contribution in [0.25, 0.3) is 0 Å². The molecule has 1 aromatic rings. The Balaban J connectivity index is 2.04. The van der Waals surface area contributed by atoms with Gasteiger partial charge < -0.3 is 15.3 Å². The van der Waals surface area contributed by atoms with Gasteiger partial charge in [0, 0.05) is 11.3 Å². The van der Waals surface area contributed by atoms with Crippen LogP contribution in [-0.4, -0.2) is 39.7 Å². The van der Waals surface area contributed by atoms with Crippen LogP contribution in [0.1, 0.15) is 18.5 Å². The van der Waals surface area contributed by atoms with Gasteiger partial charge in [-0.15, -0.1) is 11.8 Å². The lowest BCUT2D eigenvalue weighted by atomic mass is 10.1. The number of aliphatic carboxylic acids is 1. The Morgan fingerprint density at radius 3 is 2.85 bits per heavy atom. The molecule has 1 fully saturated rings. The molecule has 0 bridgehead atoms. The minimum Gasteiger partial charge on any atom is -0.480 e. The normalized spacial score (nSPS) is 19.7. The SMILES string of the molecule is CC(NC(=O)N1CSC[C@H]1C(=O)O)c1ccccc1F. The molecule has 7 heteroatoms. The number of carbonyl (C=O) groups excluding carboxylic acids is 1. The van der Waals surface area contributed by atoms with E-state index in [0.717, 1.165) is 0 Å². The highest BCUT2D eigenvalue weighted by Crippen LogP contribution is 2.22. The van der Waals surface area contributed by atoms with E-state index in [1.165, 1.54) is 22.7 Å². The summed E-state index contributed by atoms with van der Waals surface area (Å²) < 4.78 is 13.6. The molecule has 1 unspecified atom stereocenters. The number of hydrogen-bond acceptors (Lipinski definition) is 3. The molecule has 5 nitrogen and oxygen atoms in total. The molecule has 20 heavy (non-hydrogen) atoms. The number of amides is 2. The summed E-state index contributed by atoms with van der Waals surface area (Å²) in [6, 6.07) is 4.34. The minimum absolute atomic E-state index is 0.326. The first kappa shape index (κ1) is 14.6. The second kappa shape index (κ2) is 6.13. The molecule has 1 heterocycles. The molecule has 2 rings (SSSR count). The average Bonchev–Trinajstić information content (AvgIpc) is 2.88. The molecule has 2 atom stereocenters. The Bertz CT molecular complexity index is 526. The molecule has 0 aliphatic carbocycles. The molecule has 0 saturated carbocycles. The topological polar surface area (TPSA) is 69.6 Å². The number of carboxylic acids is 1. The van der Waals surface area contributed by atoms with Gasteiger partial charge in [-0.3, -0.25) is 0 Å². The molecular formula is C13H15FN2O3S. The van der Waals surface area contributed by atoms with E-state index in [1.54, 1.807) is 25.1 Å². The van der Waals surface area contributed by atoms with E-state index in [0.29, 0.717) is 17.2 Å². The third-order valence-electron chi connectivity index (χ3n) is 3.14. The minimum atomic E-state index is -1.02. The summed E-state index contributed by atoms with van der Waals surface area (Å²) in [5.41, 5.74) is 0.375. The number of nitrogens with zero attached hydrogens (tertiary/aromatic N) is 1. The van der Waals surface area contributed by atoms with E-state index >= 15 is 0 Å². The number of nitrogens with one attached hydrogen (secondary N) is 1. The standard InChI is InChI=1S/C13H15FN2O3S/c1-8(9-4-2-3-5-10(9)14)15-13(19)16-7-20-6-11(16)12(17)18/h2-5,8,11H,6-7H2,1H3,(H,15,19)(H,17,18)/t8?,11-/m0/s1. The zero-order valence-electron chi connectivity index (χ0n) is 10.9. The Morgan fingerprint density at radius 1 is 1.50 bits per heavy atom. The van der Waals surface area contributed by atoms with Crippen molar-refractivity contribution in [3.8, 4) is 0 Å². The van der Waals surface area contributed by atoms with Crippen molar-refractivity contribution in [2.45, 2.75) is 19.0 Å². The second-order valence-electron chi connectivity index (χ2n) is 4.52. The number of halogens is 1. The van der Waals surface area contributed by atoms with Crippen LogP contribution in [0.3, 0.4) is 0 Å². The van der Waals surface area contributed by atoms with Gasteiger partial charge in [-0.25, -0.2) is 14.0 Å². The van der Waals surface area contributed by atoms with Crippen LogP contribution in [0.5, 0.6) is 0 Å². The molecule has 2 amide bonds. The maximum Gasteiger partial charge on any atom is 0.327 e. The van der Waals surface area contributed by atoms with Crippen LogP contribution < -0.4 is 5.32 Å². The molecule has 1 saturated heterocycles. The van der Waals surface area contributed by atoms with Crippen molar-refractivity contribution in [1.82, 2.24) is 10.2 Å². The zero-order chi connectivity index (χ0) is 14.7. The van der Waals surface area contributed by atoms with Gasteiger partial charge in [0.1, 0.15) is 11.9 Å². The summed E-state index contributed by atoms with van der Waals surface area (Å²) in [4.78, 5) is 24.4. The van der Waals surface area contributed by atoms with Crippen LogP contribution >= 0.6 is 11.8 Å². The van der Waals surface area contributed by atoms with Gasteiger partial charge in [-0.05, 0) is 13.0 Å². The molecule has 2 N–H and O–H groups in total. The van der Waals surface area contributed by atoms with Crippen LogP contribution in [0.4, 0.5) is 9.18 Å². The predicted molar refractivity (Wildman–Crippen MR) is 73.9 cm³/mol. The van der Waals surface area contributed by atoms with Crippen molar-refractivity contribution in [2.24, 2.45) is 0 Å². The predicted octanol–water partition coefficient (Wildman–Crippen LogP) is 2.06. The number of benzene rings is 1. The van der Waals surface area contributed by atoms with Crippen LogP contribution in [0.2, 0.25) is 0 Å². The van der Waals surface area contributed by atoms with Gasteiger partial charge in [0.15, 0.2) is 0 Å². The number of carbonyl (C=O) groups is 2. The van der Waals surface area contributed by atoms with Crippen molar-refractivity contribution >= 4 is 23.8 Å². The Labute approximate surface area is 120 Å². The highest BCUT2D eigenvalue weighted by molar-refractivity contribution is 7.99. The third kappa shape index (κ3) is 3.04. The molecule has 1 aliphatic rings. The van der Waals surface area contributed by atoms with Gasteiger partial charge >= 0.3 is 12.0 Å². The maximum absolute atomic E-state index is 13.6. The fourth-order valence-electron chi connectivity index (χ4n) is 2.02. The molecule has 0 spiro atoms. The lowest BCUT2D eigenvalue weighted by molar-refractivity contribution is -0.140. The average molecular weight is 298 g/mol. The molecular weight excluding hydrogens is 283 g/mol. The zero-order valence-corrected chi connectivity index (χ0v) is 11.7. The largest absolute Gasteiger partial charge is 0.480 e. The van der Waals surface area contributed by atoms with Crippen molar-refractivity contribution in [2.75, 3.05) is 11.6 Å². The molecule has 1 aliphatic heterocycles. The lowest BCUT2D eigenvalue weighted by Gasteiger charge is -2.24. The molecule has 108 valence electrons. The summed E-state index contributed by atoms with van der Waals surface area (Å²) in [7, 11) is 0. The number of urea groups is 1. The second-order valence-corrected chi connectivity index (χ2v) is 5.52. The van der Waals surface area contributed by atoms with Crippen LogP contribution in [0.15, 0.2) is 24.3 Å².